The Balaban J connectivity index is 2.11. The summed E-state index contributed by atoms with van der Waals surface area (Å²) in [5.41, 5.74) is 1.01. The van der Waals surface area contributed by atoms with Crippen molar-refractivity contribution in [1.82, 2.24) is 4.90 Å². The quantitative estimate of drug-likeness (QED) is 0.772. The monoisotopic (exact) mass is 277 g/mol. The highest BCUT2D eigenvalue weighted by Gasteiger charge is 2.26. The van der Waals surface area contributed by atoms with Crippen LogP contribution < -0.4 is 0 Å². The van der Waals surface area contributed by atoms with Gasteiger partial charge in [0.25, 0.3) is 5.91 Å². The highest BCUT2D eigenvalue weighted by Crippen LogP contribution is 2.15. The van der Waals surface area contributed by atoms with Crippen LogP contribution >= 0.6 is 0 Å². The lowest BCUT2D eigenvalue weighted by Gasteiger charge is -2.35. The first-order chi connectivity index (χ1) is 9.51. The maximum Gasteiger partial charge on any atom is 0.337 e. The average molecular weight is 277 g/mol. The molecule has 5 nitrogen and oxygen atoms in total. The number of methoxy groups -OCH3 is 1. The molecule has 1 aromatic rings. The Hall–Kier alpha value is -1.88. The summed E-state index contributed by atoms with van der Waals surface area (Å²) < 4.78 is 10.2. The van der Waals surface area contributed by atoms with Gasteiger partial charge in [0.15, 0.2) is 0 Å². The molecule has 0 saturated carbocycles. The first kappa shape index (κ1) is 14.5. The number of nitrogens with zero attached hydrogens (tertiary/aromatic N) is 1. The van der Waals surface area contributed by atoms with Gasteiger partial charge in [0.1, 0.15) is 0 Å². The smallest absolute Gasteiger partial charge is 0.337 e. The molecule has 0 bridgehead atoms. The largest absolute Gasteiger partial charge is 0.465 e. The Morgan fingerprint density at radius 3 is 2.10 bits per heavy atom. The van der Waals surface area contributed by atoms with Crippen LogP contribution in [-0.4, -0.2) is 49.2 Å². The third-order valence-electron chi connectivity index (χ3n) is 3.26. The Morgan fingerprint density at radius 2 is 1.60 bits per heavy atom. The number of hydrogen-bond donors (Lipinski definition) is 0. The molecule has 1 aliphatic heterocycles. The van der Waals surface area contributed by atoms with Gasteiger partial charge in [0, 0.05) is 18.7 Å². The molecular formula is C15H19NO4. The van der Waals surface area contributed by atoms with Crippen LogP contribution in [-0.2, 0) is 9.47 Å². The van der Waals surface area contributed by atoms with Crippen LogP contribution in [0.5, 0.6) is 0 Å². The van der Waals surface area contributed by atoms with Gasteiger partial charge in [-0.15, -0.1) is 0 Å². The molecule has 0 spiro atoms. The number of ether oxygens (including phenoxy) is 2. The predicted molar refractivity (Wildman–Crippen MR) is 73.7 cm³/mol. The van der Waals surface area contributed by atoms with Crippen molar-refractivity contribution in [1.29, 1.82) is 0 Å². The molecule has 20 heavy (non-hydrogen) atoms. The van der Waals surface area contributed by atoms with Crippen molar-refractivity contribution in [3.05, 3.63) is 35.4 Å². The zero-order valence-corrected chi connectivity index (χ0v) is 12.0. The summed E-state index contributed by atoms with van der Waals surface area (Å²) >= 11 is 0. The second-order valence-electron chi connectivity index (χ2n) is 5.04. The van der Waals surface area contributed by atoms with Gasteiger partial charge < -0.3 is 14.4 Å². The number of hydrogen-bond acceptors (Lipinski definition) is 4. The van der Waals surface area contributed by atoms with Crippen molar-refractivity contribution in [2.75, 3.05) is 20.2 Å². The van der Waals surface area contributed by atoms with E-state index < -0.39 is 5.97 Å². The highest BCUT2D eigenvalue weighted by atomic mass is 16.5. The van der Waals surface area contributed by atoms with E-state index in [1.165, 1.54) is 7.11 Å². The number of amides is 1. The molecule has 1 fully saturated rings. The first-order valence-corrected chi connectivity index (χ1v) is 6.64. The molecule has 2 unspecified atom stereocenters. The summed E-state index contributed by atoms with van der Waals surface area (Å²) in [5, 5.41) is 0. The van der Waals surface area contributed by atoms with E-state index in [1.807, 2.05) is 13.8 Å². The molecule has 1 amide bonds. The van der Waals surface area contributed by atoms with Crippen LogP contribution in [0.25, 0.3) is 0 Å². The summed E-state index contributed by atoms with van der Waals surface area (Å²) in [6, 6.07) is 6.51. The molecule has 2 rings (SSSR count). The fraction of sp³-hybridized carbons (Fsp3) is 0.467. The van der Waals surface area contributed by atoms with Crippen LogP contribution in [0.4, 0.5) is 0 Å². The lowest BCUT2D eigenvalue weighted by Crippen LogP contribution is -2.48. The number of carbonyl (C=O) groups excluding carboxylic acids is 2. The van der Waals surface area contributed by atoms with Gasteiger partial charge in [0.05, 0.1) is 24.9 Å². The number of morpholine rings is 1. The predicted octanol–water partition coefficient (Wildman–Crippen LogP) is 1.72. The molecule has 2 atom stereocenters. The Bertz CT molecular complexity index is 487. The minimum absolute atomic E-state index is 0.0385. The van der Waals surface area contributed by atoms with Crippen LogP contribution in [0.15, 0.2) is 24.3 Å². The van der Waals surface area contributed by atoms with Crippen molar-refractivity contribution >= 4 is 11.9 Å². The van der Waals surface area contributed by atoms with Gasteiger partial charge in [-0.25, -0.2) is 4.79 Å². The third-order valence-corrected chi connectivity index (χ3v) is 3.26. The topological polar surface area (TPSA) is 55.8 Å². The number of rotatable bonds is 2. The molecule has 5 heteroatoms. The molecule has 1 aliphatic rings. The second-order valence-corrected chi connectivity index (χ2v) is 5.04. The van der Waals surface area contributed by atoms with Gasteiger partial charge in [0.2, 0.25) is 0 Å². The zero-order chi connectivity index (χ0) is 14.7. The number of carbonyl (C=O) groups is 2. The first-order valence-electron chi connectivity index (χ1n) is 6.64. The average Bonchev–Trinajstić information content (AvgIpc) is 2.45. The molecule has 0 aliphatic carbocycles. The summed E-state index contributed by atoms with van der Waals surface area (Å²) in [7, 11) is 1.33. The van der Waals surface area contributed by atoms with Gasteiger partial charge in [-0.05, 0) is 38.1 Å². The van der Waals surface area contributed by atoms with Crippen molar-refractivity contribution in [3.8, 4) is 0 Å². The molecule has 1 aromatic carbocycles. The van der Waals surface area contributed by atoms with E-state index in [9.17, 15) is 9.59 Å². The normalized spacial score (nSPS) is 22.4. The van der Waals surface area contributed by atoms with Crippen LogP contribution in [0.2, 0.25) is 0 Å². The third kappa shape index (κ3) is 3.17. The lowest BCUT2D eigenvalue weighted by atomic mass is 10.1. The van der Waals surface area contributed by atoms with E-state index in [1.54, 1.807) is 29.2 Å². The van der Waals surface area contributed by atoms with E-state index in [2.05, 4.69) is 4.74 Å². The van der Waals surface area contributed by atoms with E-state index in [-0.39, 0.29) is 18.1 Å². The SMILES string of the molecule is COC(=O)c1ccc(C(=O)N2CC(C)OC(C)C2)cc1. The molecular weight excluding hydrogens is 258 g/mol. The van der Waals surface area contributed by atoms with Crippen molar-refractivity contribution in [2.24, 2.45) is 0 Å². The molecule has 1 heterocycles. The second kappa shape index (κ2) is 6.05. The van der Waals surface area contributed by atoms with Crippen molar-refractivity contribution < 1.29 is 19.1 Å². The minimum atomic E-state index is -0.405. The van der Waals surface area contributed by atoms with Gasteiger partial charge in [-0.1, -0.05) is 0 Å². The molecule has 108 valence electrons. The summed E-state index contributed by atoms with van der Waals surface area (Å²) in [5.74, 6) is -0.443. The number of benzene rings is 1. The maximum absolute atomic E-state index is 12.4. The van der Waals surface area contributed by atoms with E-state index in [0.717, 1.165) is 0 Å². The Kier molecular flexibility index (Phi) is 4.39. The summed E-state index contributed by atoms with van der Waals surface area (Å²) in [4.78, 5) is 25.5. The van der Waals surface area contributed by atoms with Gasteiger partial charge in [-0.3, -0.25) is 4.79 Å². The standard InChI is InChI=1S/C15H19NO4/c1-10-8-16(9-11(2)20-10)14(17)12-4-6-13(7-5-12)15(18)19-3/h4-7,10-11H,8-9H2,1-3H3. The molecule has 1 saturated heterocycles. The molecule has 0 aromatic heterocycles. The van der Waals surface area contributed by atoms with Crippen molar-refractivity contribution in [3.63, 3.8) is 0 Å². The summed E-state index contributed by atoms with van der Waals surface area (Å²) in [6.45, 7) is 5.08. The maximum atomic E-state index is 12.4. The fourth-order valence-electron chi connectivity index (χ4n) is 2.39. The Morgan fingerprint density at radius 1 is 1.10 bits per heavy atom. The molecule has 0 N–H and O–H groups in total. The number of esters is 1. The fourth-order valence-corrected chi connectivity index (χ4v) is 2.39. The Labute approximate surface area is 118 Å². The van der Waals surface area contributed by atoms with Crippen molar-refractivity contribution in [2.45, 2.75) is 26.1 Å². The zero-order valence-electron chi connectivity index (χ0n) is 12.0. The van der Waals surface area contributed by atoms with Gasteiger partial charge >= 0.3 is 5.97 Å². The van der Waals surface area contributed by atoms with E-state index >= 15 is 0 Å². The van der Waals surface area contributed by atoms with Crippen LogP contribution in [0.3, 0.4) is 0 Å². The summed E-state index contributed by atoms with van der Waals surface area (Å²) in [6.07, 6.45) is 0.0779. The highest BCUT2D eigenvalue weighted by molar-refractivity contribution is 5.96. The molecule has 0 radical (unpaired) electrons. The van der Waals surface area contributed by atoms with Crippen LogP contribution in [0.1, 0.15) is 34.6 Å². The van der Waals surface area contributed by atoms with Gasteiger partial charge in [-0.2, -0.15) is 0 Å². The van der Waals surface area contributed by atoms with E-state index in [4.69, 9.17) is 4.74 Å². The lowest BCUT2D eigenvalue weighted by molar-refractivity contribution is -0.0586. The van der Waals surface area contributed by atoms with E-state index in [0.29, 0.717) is 24.2 Å². The minimum Gasteiger partial charge on any atom is -0.465 e. The van der Waals surface area contributed by atoms with Crippen LogP contribution in [0, 0.1) is 0 Å².